The summed E-state index contributed by atoms with van der Waals surface area (Å²) >= 11 is 0. The van der Waals surface area contributed by atoms with Crippen molar-refractivity contribution in [3.8, 4) is 5.75 Å². The van der Waals surface area contributed by atoms with Crippen LogP contribution < -0.4 is 4.74 Å². The molecule has 1 heterocycles. The minimum atomic E-state index is -3.10. The van der Waals surface area contributed by atoms with E-state index in [4.69, 9.17) is 9.84 Å². The third kappa shape index (κ3) is 3.21. The van der Waals surface area contributed by atoms with Crippen molar-refractivity contribution in [1.82, 2.24) is 0 Å². The number of nitrogens with zero attached hydrogens (tertiary/aromatic N) is 1. The maximum atomic E-state index is 11.3. The van der Waals surface area contributed by atoms with Gasteiger partial charge in [-0.1, -0.05) is 6.07 Å². The molecular formula is C11H13NO6S. The van der Waals surface area contributed by atoms with Gasteiger partial charge in [-0.15, -0.1) is 0 Å². The highest BCUT2D eigenvalue weighted by Crippen LogP contribution is 2.30. The molecule has 0 spiro atoms. The molecule has 1 aliphatic rings. The molecule has 0 aromatic heterocycles. The second-order valence-corrected chi connectivity index (χ2v) is 6.59. The molecule has 2 rings (SSSR count). The van der Waals surface area contributed by atoms with Gasteiger partial charge in [0.1, 0.15) is 6.10 Å². The number of sulfone groups is 1. The average molecular weight is 287 g/mol. The van der Waals surface area contributed by atoms with Crippen molar-refractivity contribution in [3.63, 3.8) is 0 Å². The van der Waals surface area contributed by atoms with Gasteiger partial charge in [0.15, 0.2) is 15.6 Å². The van der Waals surface area contributed by atoms with Gasteiger partial charge in [-0.3, -0.25) is 10.1 Å². The number of hydrogen-bond donors (Lipinski definition) is 1. The molecule has 7 nitrogen and oxygen atoms in total. The van der Waals surface area contributed by atoms with Gasteiger partial charge in [0.05, 0.1) is 23.0 Å². The van der Waals surface area contributed by atoms with Gasteiger partial charge in [0.2, 0.25) is 0 Å². The largest absolute Gasteiger partial charge is 0.482 e. The van der Waals surface area contributed by atoms with Crippen LogP contribution in [0.4, 0.5) is 5.69 Å². The molecule has 0 amide bonds. The molecule has 0 radical (unpaired) electrons. The molecule has 0 aliphatic carbocycles. The highest BCUT2D eigenvalue weighted by Gasteiger charge is 2.31. The van der Waals surface area contributed by atoms with Crippen LogP contribution in [-0.4, -0.2) is 36.1 Å². The molecule has 1 aromatic rings. The summed E-state index contributed by atoms with van der Waals surface area (Å²) in [6.07, 6.45) is -0.218. The van der Waals surface area contributed by atoms with E-state index >= 15 is 0 Å². The summed E-state index contributed by atoms with van der Waals surface area (Å²) < 4.78 is 28.0. The Kier molecular flexibility index (Phi) is 3.72. The zero-order chi connectivity index (χ0) is 14.0. The van der Waals surface area contributed by atoms with E-state index in [2.05, 4.69) is 0 Å². The minimum Gasteiger partial charge on any atom is -0.482 e. The molecule has 19 heavy (non-hydrogen) atoms. The van der Waals surface area contributed by atoms with E-state index in [1.165, 1.54) is 18.2 Å². The maximum absolute atomic E-state index is 11.3. The molecule has 1 aliphatic heterocycles. The first-order chi connectivity index (χ1) is 8.91. The van der Waals surface area contributed by atoms with Gasteiger partial charge in [-0.05, 0) is 18.1 Å². The second kappa shape index (κ2) is 5.14. The smallest absolute Gasteiger partial charge is 0.311 e. The topological polar surface area (TPSA) is 107 Å². The Labute approximate surface area is 109 Å². The van der Waals surface area contributed by atoms with Crippen LogP contribution in [0.25, 0.3) is 0 Å². The molecule has 1 fully saturated rings. The lowest BCUT2D eigenvalue weighted by atomic mass is 10.2. The molecule has 1 aromatic carbocycles. The van der Waals surface area contributed by atoms with E-state index in [1.807, 2.05) is 0 Å². The monoisotopic (exact) mass is 287 g/mol. The molecule has 1 unspecified atom stereocenters. The van der Waals surface area contributed by atoms with Gasteiger partial charge in [0.25, 0.3) is 0 Å². The molecule has 0 bridgehead atoms. The molecule has 1 N–H and O–H groups in total. The van der Waals surface area contributed by atoms with Crippen LogP contribution in [0.1, 0.15) is 12.0 Å². The molecule has 8 heteroatoms. The summed E-state index contributed by atoms with van der Waals surface area (Å²) in [6, 6.07) is 4.11. The van der Waals surface area contributed by atoms with Crippen molar-refractivity contribution in [2.24, 2.45) is 0 Å². The fraction of sp³-hybridized carbons (Fsp3) is 0.455. The zero-order valence-electron chi connectivity index (χ0n) is 9.98. The first-order valence-electron chi connectivity index (χ1n) is 5.66. The highest BCUT2D eigenvalue weighted by atomic mass is 32.2. The minimum absolute atomic E-state index is 0.0318. The Balaban J connectivity index is 2.23. The van der Waals surface area contributed by atoms with Crippen LogP contribution in [0.2, 0.25) is 0 Å². The SMILES string of the molecule is O=[N+]([O-])c1cc(CO)ccc1OC1CCS(=O)(=O)C1. The van der Waals surface area contributed by atoms with Crippen LogP contribution >= 0.6 is 0 Å². The van der Waals surface area contributed by atoms with Crippen LogP contribution in [0.3, 0.4) is 0 Å². The quantitative estimate of drug-likeness (QED) is 0.643. The van der Waals surface area contributed by atoms with Crippen LogP contribution in [-0.2, 0) is 16.4 Å². The summed E-state index contributed by atoms with van der Waals surface area (Å²) in [7, 11) is -3.10. The molecule has 1 atom stereocenters. The van der Waals surface area contributed by atoms with Crippen LogP contribution in [0.5, 0.6) is 5.75 Å². The van der Waals surface area contributed by atoms with E-state index < -0.39 is 20.9 Å². The summed E-state index contributed by atoms with van der Waals surface area (Å²) in [5.74, 6) is -0.0455. The number of benzene rings is 1. The van der Waals surface area contributed by atoms with Crippen molar-refractivity contribution in [1.29, 1.82) is 0 Å². The number of hydrogen-bond acceptors (Lipinski definition) is 6. The van der Waals surface area contributed by atoms with Crippen molar-refractivity contribution in [3.05, 3.63) is 33.9 Å². The van der Waals surface area contributed by atoms with Gasteiger partial charge >= 0.3 is 5.69 Å². The first kappa shape index (κ1) is 13.8. The number of aliphatic hydroxyl groups excluding tert-OH is 1. The number of aliphatic hydroxyl groups is 1. The lowest BCUT2D eigenvalue weighted by Crippen LogP contribution is -2.18. The Bertz CT molecular complexity index is 597. The normalized spacial score (nSPS) is 21.2. The third-order valence-corrected chi connectivity index (χ3v) is 4.62. The Morgan fingerprint density at radius 1 is 1.47 bits per heavy atom. The maximum Gasteiger partial charge on any atom is 0.311 e. The summed E-state index contributed by atoms with van der Waals surface area (Å²) in [4.78, 5) is 10.3. The highest BCUT2D eigenvalue weighted by molar-refractivity contribution is 7.91. The summed E-state index contributed by atoms with van der Waals surface area (Å²) in [5, 5.41) is 19.9. The van der Waals surface area contributed by atoms with Gasteiger partial charge in [-0.2, -0.15) is 0 Å². The van der Waals surface area contributed by atoms with E-state index in [-0.39, 0.29) is 29.5 Å². The number of nitro groups is 1. The lowest BCUT2D eigenvalue weighted by Gasteiger charge is -2.12. The number of nitro benzene ring substituents is 1. The second-order valence-electron chi connectivity index (χ2n) is 4.36. The van der Waals surface area contributed by atoms with E-state index in [0.29, 0.717) is 12.0 Å². The van der Waals surface area contributed by atoms with Gasteiger partial charge in [-0.25, -0.2) is 8.42 Å². The summed E-state index contributed by atoms with van der Waals surface area (Å²) in [5.41, 5.74) is 0.133. The number of ether oxygens (including phenoxy) is 1. The first-order valence-corrected chi connectivity index (χ1v) is 7.48. The van der Waals surface area contributed by atoms with E-state index in [0.717, 1.165) is 0 Å². The predicted octanol–water partition coefficient (Wildman–Crippen LogP) is 0.653. The van der Waals surface area contributed by atoms with Crippen molar-refractivity contribution >= 4 is 15.5 Å². The third-order valence-electron chi connectivity index (χ3n) is 2.89. The standard InChI is InChI=1S/C11H13NO6S/c13-6-8-1-2-11(10(5-8)12(14)15)18-9-3-4-19(16,17)7-9/h1-2,5,9,13H,3-4,6-7H2. The molecular weight excluding hydrogens is 274 g/mol. The van der Waals surface area contributed by atoms with Crippen molar-refractivity contribution in [2.75, 3.05) is 11.5 Å². The van der Waals surface area contributed by atoms with Crippen LogP contribution in [0, 0.1) is 10.1 Å². The van der Waals surface area contributed by atoms with Crippen LogP contribution in [0.15, 0.2) is 18.2 Å². The molecule has 104 valence electrons. The van der Waals surface area contributed by atoms with Gasteiger partial charge < -0.3 is 9.84 Å². The number of rotatable bonds is 4. The van der Waals surface area contributed by atoms with Crippen molar-refractivity contribution in [2.45, 2.75) is 19.1 Å². The lowest BCUT2D eigenvalue weighted by molar-refractivity contribution is -0.386. The Morgan fingerprint density at radius 3 is 2.74 bits per heavy atom. The van der Waals surface area contributed by atoms with Gasteiger partial charge in [0, 0.05) is 6.07 Å². The fourth-order valence-corrected chi connectivity index (χ4v) is 3.53. The zero-order valence-corrected chi connectivity index (χ0v) is 10.8. The molecule has 0 saturated carbocycles. The van der Waals surface area contributed by atoms with Crippen molar-refractivity contribution < 1.29 is 23.2 Å². The Hall–Kier alpha value is -1.67. The van der Waals surface area contributed by atoms with E-state index in [9.17, 15) is 18.5 Å². The molecule has 1 saturated heterocycles. The van der Waals surface area contributed by atoms with E-state index in [1.54, 1.807) is 0 Å². The predicted molar refractivity (Wildman–Crippen MR) is 66.7 cm³/mol. The Morgan fingerprint density at radius 2 is 2.21 bits per heavy atom. The average Bonchev–Trinajstić information content (AvgIpc) is 2.69. The summed E-state index contributed by atoms with van der Waals surface area (Å²) in [6.45, 7) is -0.307. The fourth-order valence-electron chi connectivity index (χ4n) is 1.94.